The summed E-state index contributed by atoms with van der Waals surface area (Å²) >= 11 is 0. The number of ether oxygens (including phenoxy) is 1. The van der Waals surface area contributed by atoms with Crippen LogP contribution in [0, 0.1) is 21.4 Å². The molecule has 6 nitrogen and oxygen atoms in total. The van der Waals surface area contributed by atoms with E-state index in [9.17, 15) is 15.4 Å². The van der Waals surface area contributed by atoms with Crippen molar-refractivity contribution < 1.29 is 9.66 Å². The number of rotatable bonds is 5. The van der Waals surface area contributed by atoms with Gasteiger partial charge in [-0.1, -0.05) is 36.4 Å². The molecule has 0 saturated carbocycles. The Morgan fingerprint density at radius 2 is 1.95 bits per heavy atom. The number of nitrogens with zero attached hydrogens (tertiary/aromatic N) is 2. The van der Waals surface area contributed by atoms with Crippen LogP contribution in [0.4, 0.5) is 5.69 Å². The molecule has 0 aliphatic heterocycles. The maximum Gasteiger partial charge on any atom is 0.273 e. The molecule has 106 valence electrons. The van der Waals surface area contributed by atoms with Crippen LogP contribution in [0.1, 0.15) is 5.56 Å². The monoisotopic (exact) mass is 283 g/mol. The van der Waals surface area contributed by atoms with Crippen molar-refractivity contribution in [1.29, 1.82) is 5.26 Å². The Balaban J connectivity index is 2.16. The quantitative estimate of drug-likeness (QED) is 0.670. The fourth-order valence-corrected chi connectivity index (χ4v) is 1.80. The van der Waals surface area contributed by atoms with Gasteiger partial charge in [0.05, 0.1) is 17.1 Å². The van der Waals surface area contributed by atoms with E-state index in [1.54, 1.807) is 30.3 Å². The smallest absolute Gasteiger partial charge is 0.273 e. The lowest BCUT2D eigenvalue weighted by molar-refractivity contribution is -0.384. The third-order valence-electron chi connectivity index (χ3n) is 2.98. The molecule has 2 aromatic rings. The Labute approximate surface area is 121 Å². The molecule has 0 bridgehead atoms. The van der Waals surface area contributed by atoms with Crippen LogP contribution in [-0.2, 0) is 5.54 Å². The Hall–Kier alpha value is -2.91. The fourth-order valence-electron chi connectivity index (χ4n) is 1.80. The summed E-state index contributed by atoms with van der Waals surface area (Å²) in [5, 5.41) is 20.0. The second kappa shape index (κ2) is 6.03. The highest BCUT2D eigenvalue weighted by Gasteiger charge is 2.28. The van der Waals surface area contributed by atoms with Gasteiger partial charge in [0.1, 0.15) is 12.4 Å². The van der Waals surface area contributed by atoms with Crippen LogP contribution in [0.3, 0.4) is 0 Å². The summed E-state index contributed by atoms with van der Waals surface area (Å²) in [6, 6.07) is 16.6. The molecule has 21 heavy (non-hydrogen) atoms. The zero-order valence-corrected chi connectivity index (χ0v) is 11.1. The van der Waals surface area contributed by atoms with Crippen LogP contribution in [0.5, 0.6) is 5.75 Å². The minimum Gasteiger partial charge on any atom is -0.490 e. The average Bonchev–Trinajstić information content (AvgIpc) is 2.53. The summed E-state index contributed by atoms with van der Waals surface area (Å²) in [6.45, 7) is -0.102. The van der Waals surface area contributed by atoms with E-state index in [2.05, 4.69) is 0 Å². The van der Waals surface area contributed by atoms with Crippen molar-refractivity contribution in [2.24, 2.45) is 5.73 Å². The van der Waals surface area contributed by atoms with Gasteiger partial charge in [-0.25, -0.2) is 0 Å². The summed E-state index contributed by atoms with van der Waals surface area (Å²) in [4.78, 5) is 10.2. The van der Waals surface area contributed by atoms with Crippen molar-refractivity contribution in [3.05, 3.63) is 70.3 Å². The second-order valence-corrected chi connectivity index (χ2v) is 4.49. The van der Waals surface area contributed by atoms with Gasteiger partial charge in [0, 0.05) is 6.07 Å². The molecule has 0 aliphatic rings. The summed E-state index contributed by atoms with van der Waals surface area (Å²) in [5.41, 5.74) is 5.28. The molecule has 0 fully saturated rings. The van der Waals surface area contributed by atoms with Gasteiger partial charge >= 0.3 is 0 Å². The SMILES string of the molecule is N#CC(N)(COc1cccc([N+](=O)[O-])c1)c1ccccc1. The summed E-state index contributed by atoms with van der Waals surface area (Å²) in [6.07, 6.45) is 0. The van der Waals surface area contributed by atoms with Crippen LogP contribution >= 0.6 is 0 Å². The zero-order valence-electron chi connectivity index (χ0n) is 11.1. The number of nitriles is 1. The molecule has 0 radical (unpaired) electrons. The fraction of sp³-hybridized carbons (Fsp3) is 0.133. The van der Waals surface area contributed by atoms with Crippen molar-refractivity contribution in [2.45, 2.75) is 5.54 Å². The van der Waals surface area contributed by atoms with Crippen molar-refractivity contribution in [1.82, 2.24) is 0 Å². The van der Waals surface area contributed by atoms with Gasteiger partial charge in [-0.2, -0.15) is 5.26 Å². The molecule has 2 rings (SSSR count). The molecule has 0 aliphatic carbocycles. The average molecular weight is 283 g/mol. The standard InChI is InChI=1S/C15H13N3O3/c16-10-15(17,12-5-2-1-3-6-12)11-21-14-8-4-7-13(9-14)18(19)20/h1-9H,11,17H2. The van der Waals surface area contributed by atoms with Crippen molar-refractivity contribution in [2.75, 3.05) is 6.61 Å². The molecule has 1 atom stereocenters. The number of non-ortho nitro benzene ring substituents is 1. The van der Waals surface area contributed by atoms with Crippen LogP contribution in [0.15, 0.2) is 54.6 Å². The highest BCUT2D eigenvalue weighted by molar-refractivity contribution is 5.38. The summed E-state index contributed by atoms with van der Waals surface area (Å²) in [5.74, 6) is 0.296. The predicted octanol–water partition coefficient (Wildman–Crippen LogP) is 2.35. The first-order chi connectivity index (χ1) is 10.0. The van der Waals surface area contributed by atoms with E-state index in [0.29, 0.717) is 11.3 Å². The molecule has 2 aromatic carbocycles. The number of nitro groups is 1. The minimum absolute atomic E-state index is 0.0770. The largest absolute Gasteiger partial charge is 0.490 e. The lowest BCUT2D eigenvalue weighted by Crippen LogP contribution is -2.41. The third kappa shape index (κ3) is 3.35. The molecule has 0 amide bonds. The van der Waals surface area contributed by atoms with Gasteiger partial charge in [0.25, 0.3) is 5.69 Å². The molecule has 6 heteroatoms. The zero-order chi connectivity index (χ0) is 15.3. The highest BCUT2D eigenvalue weighted by Crippen LogP contribution is 2.22. The van der Waals surface area contributed by atoms with Crippen molar-refractivity contribution in [3.63, 3.8) is 0 Å². The van der Waals surface area contributed by atoms with Gasteiger partial charge in [0.2, 0.25) is 0 Å². The summed E-state index contributed by atoms with van der Waals surface area (Å²) < 4.78 is 5.46. The lowest BCUT2D eigenvalue weighted by atomic mass is 9.94. The minimum atomic E-state index is -1.31. The first kappa shape index (κ1) is 14.5. The normalized spacial score (nSPS) is 13.0. The molecular weight excluding hydrogens is 270 g/mol. The van der Waals surface area contributed by atoms with Gasteiger partial charge in [0.15, 0.2) is 5.54 Å². The molecule has 0 aromatic heterocycles. The number of nitro benzene ring substituents is 1. The third-order valence-corrected chi connectivity index (χ3v) is 2.98. The van der Waals surface area contributed by atoms with Crippen LogP contribution in [-0.4, -0.2) is 11.5 Å². The Kier molecular flexibility index (Phi) is 4.16. The van der Waals surface area contributed by atoms with E-state index in [0.717, 1.165) is 0 Å². The molecule has 1 unspecified atom stereocenters. The van der Waals surface area contributed by atoms with E-state index < -0.39 is 10.5 Å². The molecule has 0 heterocycles. The van der Waals surface area contributed by atoms with Crippen LogP contribution < -0.4 is 10.5 Å². The Morgan fingerprint density at radius 3 is 2.57 bits per heavy atom. The van der Waals surface area contributed by atoms with Crippen molar-refractivity contribution >= 4 is 5.69 Å². The number of hydrogen-bond donors (Lipinski definition) is 1. The molecule has 2 N–H and O–H groups in total. The number of nitrogens with two attached hydrogens (primary N) is 1. The van der Waals surface area contributed by atoms with Gasteiger partial charge in [-0.15, -0.1) is 0 Å². The second-order valence-electron chi connectivity index (χ2n) is 4.49. The summed E-state index contributed by atoms with van der Waals surface area (Å²) in [7, 11) is 0. The maximum absolute atomic E-state index is 10.7. The molecule has 0 saturated heterocycles. The Bertz CT molecular complexity index is 682. The first-order valence-electron chi connectivity index (χ1n) is 6.18. The maximum atomic E-state index is 10.7. The predicted molar refractivity (Wildman–Crippen MR) is 76.5 cm³/mol. The van der Waals surface area contributed by atoms with E-state index in [4.69, 9.17) is 10.5 Å². The number of hydrogen-bond acceptors (Lipinski definition) is 5. The van der Waals surface area contributed by atoms with E-state index in [-0.39, 0.29) is 12.3 Å². The molecule has 0 spiro atoms. The Morgan fingerprint density at radius 1 is 1.24 bits per heavy atom. The van der Waals surface area contributed by atoms with Gasteiger partial charge < -0.3 is 10.5 Å². The van der Waals surface area contributed by atoms with Gasteiger partial charge in [-0.3, -0.25) is 10.1 Å². The van der Waals surface area contributed by atoms with Crippen molar-refractivity contribution in [3.8, 4) is 11.8 Å². The van der Waals surface area contributed by atoms with E-state index in [1.807, 2.05) is 12.1 Å². The first-order valence-corrected chi connectivity index (χ1v) is 6.18. The topological polar surface area (TPSA) is 102 Å². The van der Waals surface area contributed by atoms with Crippen LogP contribution in [0.2, 0.25) is 0 Å². The highest BCUT2D eigenvalue weighted by atomic mass is 16.6. The lowest BCUT2D eigenvalue weighted by Gasteiger charge is -2.22. The van der Waals surface area contributed by atoms with Crippen LogP contribution in [0.25, 0.3) is 0 Å². The van der Waals surface area contributed by atoms with E-state index >= 15 is 0 Å². The number of benzene rings is 2. The van der Waals surface area contributed by atoms with Gasteiger partial charge in [-0.05, 0) is 11.6 Å². The molecular formula is C15H13N3O3. The van der Waals surface area contributed by atoms with E-state index in [1.165, 1.54) is 18.2 Å².